The first-order chi connectivity index (χ1) is 10.3. The molecule has 0 radical (unpaired) electrons. The van der Waals surface area contributed by atoms with Gasteiger partial charge in [-0.25, -0.2) is 4.98 Å². The predicted molar refractivity (Wildman–Crippen MR) is 84.9 cm³/mol. The number of benzene rings is 1. The van der Waals surface area contributed by atoms with Gasteiger partial charge in [0.05, 0.1) is 11.8 Å². The molecule has 0 aliphatic rings. The molecule has 0 saturated carbocycles. The van der Waals surface area contributed by atoms with Gasteiger partial charge >= 0.3 is 0 Å². The topological polar surface area (TPSA) is 70.7 Å². The highest BCUT2D eigenvalue weighted by Gasteiger charge is 2.17. The van der Waals surface area contributed by atoms with Crippen LogP contribution >= 0.6 is 11.8 Å². The molecule has 5 nitrogen and oxygen atoms in total. The summed E-state index contributed by atoms with van der Waals surface area (Å²) in [6.07, 6.45) is 3.91. The van der Waals surface area contributed by atoms with Gasteiger partial charge in [0.2, 0.25) is 5.91 Å². The van der Waals surface area contributed by atoms with Crippen LogP contribution in [0.1, 0.15) is 17.4 Å². The van der Waals surface area contributed by atoms with Crippen molar-refractivity contribution in [2.24, 2.45) is 0 Å². The minimum Gasteiger partial charge on any atom is -0.345 e. The summed E-state index contributed by atoms with van der Waals surface area (Å²) < 4.78 is 0. The summed E-state index contributed by atoms with van der Waals surface area (Å²) in [5, 5.41) is 9.69. The lowest BCUT2D eigenvalue weighted by Gasteiger charge is -2.16. The van der Waals surface area contributed by atoms with Crippen LogP contribution < -0.4 is 5.32 Å². The zero-order chi connectivity index (χ0) is 14.9. The van der Waals surface area contributed by atoms with Crippen molar-refractivity contribution in [1.82, 2.24) is 20.5 Å². The molecule has 2 aromatic rings. The summed E-state index contributed by atoms with van der Waals surface area (Å²) in [6, 6.07) is 9.79. The van der Waals surface area contributed by atoms with Crippen molar-refractivity contribution >= 4 is 17.7 Å². The van der Waals surface area contributed by atoms with E-state index in [0.29, 0.717) is 18.0 Å². The Bertz CT molecular complexity index is 556. The van der Waals surface area contributed by atoms with E-state index in [1.165, 1.54) is 18.1 Å². The number of amides is 1. The summed E-state index contributed by atoms with van der Waals surface area (Å²) in [5.41, 5.74) is 1.14. The first-order valence-electron chi connectivity index (χ1n) is 6.66. The van der Waals surface area contributed by atoms with Crippen LogP contribution in [0.5, 0.6) is 0 Å². The highest BCUT2D eigenvalue weighted by atomic mass is 32.2. The third kappa shape index (κ3) is 5.07. The van der Waals surface area contributed by atoms with Gasteiger partial charge in [0, 0.05) is 5.75 Å². The fourth-order valence-corrected chi connectivity index (χ4v) is 2.47. The van der Waals surface area contributed by atoms with Crippen molar-refractivity contribution in [1.29, 1.82) is 0 Å². The van der Waals surface area contributed by atoms with E-state index in [-0.39, 0.29) is 11.9 Å². The number of aromatic amines is 1. The van der Waals surface area contributed by atoms with Gasteiger partial charge in [-0.3, -0.25) is 9.89 Å². The number of hydrogen-bond donors (Lipinski definition) is 2. The first kappa shape index (κ1) is 15.3. The van der Waals surface area contributed by atoms with Gasteiger partial charge in [0.15, 0.2) is 0 Å². The lowest BCUT2D eigenvalue weighted by Crippen LogP contribution is -2.32. The maximum Gasteiger partial charge on any atom is 0.230 e. The highest BCUT2D eigenvalue weighted by molar-refractivity contribution is 8.00. The van der Waals surface area contributed by atoms with Gasteiger partial charge < -0.3 is 5.32 Å². The van der Waals surface area contributed by atoms with Crippen LogP contribution in [0.25, 0.3) is 0 Å². The van der Waals surface area contributed by atoms with E-state index in [1.54, 1.807) is 6.08 Å². The van der Waals surface area contributed by atoms with Crippen molar-refractivity contribution in [2.45, 2.75) is 12.5 Å². The Labute approximate surface area is 128 Å². The zero-order valence-corrected chi connectivity index (χ0v) is 12.5. The molecule has 21 heavy (non-hydrogen) atoms. The second-order valence-electron chi connectivity index (χ2n) is 4.48. The summed E-state index contributed by atoms with van der Waals surface area (Å²) in [4.78, 5) is 16.1. The second-order valence-corrected chi connectivity index (χ2v) is 5.51. The molecule has 0 aliphatic heterocycles. The Morgan fingerprint density at radius 2 is 2.24 bits per heavy atom. The first-order valence-corrected chi connectivity index (χ1v) is 7.82. The number of nitrogens with zero attached hydrogens (tertiary/aromatic N) is 2. The van der Waals surface area contributed by atoms with E-state index in [4.69, 9.17) is 0 Å². The molecule has 1 amide bonds. The van der Waals surface area contributed by atoms with E-state index in [0.717, 1.165) is 11.3 Å². The van der Waals surface area contributed by atoms with Crippen molar-refractivity contribution in [3.63, 3.8) is 0 Å². The molecule has 1 heterocycles. The third-order valence-corrected chi connectivity index (χ3v) is 3.79. The smallest absolute Gasteiger partial charge is 0.230 e. The van der Waals surface area contributed by atoms with Crippen LogP contribution in [0.15, 0.2) is 49.3 Å². The van der Waals surface area contributed by atoms with Gasteiger partial charge in [-0.2, -0.15) is 5.10 Å². The molecule has 2 N–H and O–H groups in total. The molecule has 0 spiro atoms. The Morgan fingerprint density at radius 3 is 2.90 bits per heavy atom. The number of nitrogens with one attached hydrogen (secondary N) is 2. The minimum atomic E-state index is -0.202. The van der Waals surface area contributed by atoms with Crippen LogP contribution in [0.3, 0.4) is 0 Å². The Balaban J connectivity index is 2.00. The van der Waals surface area contributed by atoms with Crippen LogP contribution in [0, 0.1) is 0 Å². The van der Waals surface area contributed by atoms with Crippen molar-refractivity contribution < 1.29 is 4.79 Å². The average Bonchev–Trinajstić information content (AvgIpc) is 3.02. The van der Waals surface area contributed by atoms with E-state index >= 15 is 0 Å². The number of rotatable bonds is 8. The van der Waals surface area contributed by atoms with Crippen LogP contribution in [0.4, 0.5) is 0 Å². The molecule has 110 valence electrons. The van der Waals surface area contributed by atoms with Crippen LogP contribution in [-0.4, -0.2) is 32.6 Å². The van der Waals surface area contributed by atoms with Crippen molar-refractivity contribution in [3.05, 3.63) is 60.7 Å². The second kappa shape index (κ2) is 8.26. The van der Waals surface area contributed by atoms with Crippen LogP contribution in [0.2, 0.25) is 0 Å². The number of thioether (sulfide) groups is 1. The van der Waals surface area contributed by atoms with E-state index < -0.39 is 0 Å². The molecule has 1 atom stereocenters. The number of H-pyrrole nitrogens is 1. The number of carbonyl (C=O) groups is 1. The molecule has 0 fully saturated rings. The molecular weight excluding hydrogens is 284 g/mol. The largest absolute Gasteiger partial charge is 0.345 e. The molecule has 1 aromatic carbocycles. The minimum absolute atomic E-state index is 0.0146. The molecular formula is C15H18N4OS. The van der Waals surface area contributed by atoms with E-state index in [9.17, 15) is 4.79 Å². The highest BCUT2D eigenvalue weighted by Crippen LogP contribution is 2.15. The van der Waals surface area contributed by atoms with E-state index in [2.05, 4.69) is 27.1 Å². The molecule has 0 saturated heterocycles. The summed E-state index contributed by atoms with van der Waals surface area (Å²) in [7, 11) is 0. The Hall–Kier alpha value is -2.08. The molecule has 1 aromatic heterocycles. The molecule has 2 rings (SSSR count). The van der Waals surface area contributed by atoms with Gasteiger partial charge in [0.25, 0.3) is 0 Å². The fourth-order valence-electron chi connectivity index (χ4n) is 1.92. The SMILES string of the molecule is C=CCSCC(=O)N[C@H](Cc1ccccc1)c1ncn[nH]1. The molecule has 0 unspecified atom stereocenters. The molecule has 0 aliphatic carbocycles. The standard InChI is InChI=1S/C15H18N4OS/c1-2-8-21-10-14(20)18-13(15-16-11-17-19-15)9-12-6-4-3-5-7-12/h2-7,11,13H,1,8-10H2,(H,18,20)(H,16,17,19)/t13-/m1/s1. The lowest BCUT2D eigenvalue weighted by molar-refractivity contribution is -0.119. The van der Waals surface area contributed by atoms with Crippen molar-refractivity contribution in [3.8, 4) is 0 Å². The Morgan fingerprint density at radius 1 is 1.43 bits per heavy atom. The third-order valence-electron chi connectivity index (χ3n) is 2.85. The Kier molecular flexibility index (Phi) is 6.02. The van der Waals surface area contributed by atoms with Gasteiger partial charge in [-0.1, -0.05) is 36.4 Å². The fraction of sp³-hybridized carbons (Fsp3) is 0.267. The summed E-state index contributed by atoms with van der Waals surface area (Å²) in [6.45, 7) is 3.64. The molecule has 6 heteroatoms. The van der Waals surface area contributed by atoms with Crippen molar-refractivity contribution in [2.75, 3.05) is 11.5 Å². The van der Waals surface area contributed by atoms with Gasteiger partial charge in [0.1, 0.15) is 12.2 Å². The molecule has 0 bridgehead atoms. The zero-order valence-electron chi connectivity index (χ0n) is 11.7. The van der Waals surface area contributed by atoms with Crippen LogP contribution in [-0.2, 0) is 11.2 Å². The number of hydrogen-bond acceptors (Lipinski definition) is 4. The number of aromatic nitrogens is 3. The predicted octanol–water partition coefficient (Wildman–Crippen LogP) is 2.12. The maximum absolute atomic E-state index is 12.0. The lowest BCUT2D eigenvalue weighted by atomic mass is 10.1. The monoisotopic (exact) mass is 302 g/mol. The quantitative estimate of drug-likeness (QED) is 0.579. The van der Waals surface area contributed by atoms with Gasteiger partial charge in [-0.15, -0.1) is 18.3 Å². The maximum atomic E-state index is 12.0. The summed E-state index contributed by atoms with van der Waals surface area (Å²) in [5.74, 6) is 1.82. The number of carbonyl (C=O) groups excluding carboxylic acids is 1. The summed E-state index contributed by atoms with van der Waals surface area (Å²) >= 11 is 1.53. The van der Waals surface area contributed by atoms with E-state index in [1.807, 2.05) is 30.3 Å². The average molecular weight is 302 g/mol. The normalized spacial score (nSPS) is 11.8. The van der Waals surface area contributed by atoms with Gasteiger partial charge in [-0.05, 0) is 12.0 Å².